The lowest BCUT2D eigenvalue weighted by atomic mass is 9.98. The van der Waals surface area contributed by atoms with Gasteiger partial charge >= 0.3 is 12.1 Å². The van der Waals surface area contributed by atoms with Crippen LogP contribution < -0.4 is 0 Å². The lowest BCUT2D eigenvalue weighted by Gasteiger charge is -2.23. The third kappa shape index (κ3) is 4.21. The Morgan fingerprint density at radius 3 is 2.43 bits per heavy atom. The first-order valence-electron chi connectivity index (χ1n) is 6.37. The summed E-state index contributed by atoms with van der Waals surface area (Å²) in [5.74, 6) is -1.16. The predicted molar refractivity (Wildman–Crippen MR) is 71.1 cm³/mol. The van der Waals surface area contributed by atoms with Crippen LogP contribution in [0.5, 0.6) is 0 Å². The van der Waals surface area contributed by atoms with Gasteiger partial charge in [0.2, 0.25) is 5.60 Å². The van der Waals surface area contributed by atoms with Gasteiger partial charge in [-0.1, -0.05) is 31.1 Å². The Balaban J connectivity index is 2.89. The molecule has 0 unspecified atom stereocenters. The van der Waals surface area contributed by atoms with E-state index in [-0.39, 0.29) is 18.4 Å². The highest BCUT2D eigenvalue weighted by Gasteiger charge is 2.37. The summed E-state index contributed by atoms with van der Waals surface area (Å²) in [6.45, 7) is 3.27. The van der Waals surface area contributed by atoms with E-state index in [1.807, 2.05) is 0 Å². The molecule has 7 heteroatoms. The first-order chi connectivity index (χ1) is 9.75. The Morgan fingerprint density at radius 1 is 1.33 bits per heavy atom. The molecule has 0 saturated heterocycles. The maximum Gasteiger partial charge on any atom is 0.416 e. The molecule has 0 spiro atoms. The molecule has 0 amide bonds. The van der Waals surface area contributed by atoms with Gasteiger partial charge in [-0.05, 0) is 30.5 Å². The van der Waals surface area contributed by atoms with E-state index in [2.05, 4.69) is 5.16 Å². The fourth-order valence-corrected chi connectivity index (χ4v) is 1.70. The second kappa shape index (κ2) is 6.60. The van der Waals surface area contributed by atoms with Crippen LogP contribution in [0.1, 0.15) is 37.8 Å². The Morgan fingerprint density at radius 2 is 1.95 bits per heavy atom. The highest BCUT2D eigenvalue weighted by Crippen LogP contribution is 2.29. The molecule has 1 aromatic rings. The molecule has 21 heavy (non-hydrogen) atoms. The van der Waals surface area contributed by atoms with Crippen LogP contribution >= 0.6 is 0 Å². The van der Waals surface area contributed by atoms with Gasteiger partial charge in [-0.25, -0.2) is 4.79 Å². The number of oxime groups is 1. The molecule has 4 nitrogen and oxygen atoms in total. The maximum absolute atomic E-state index is 12.5. The molecule has 1 N–H and O–H groups in total. The molecule has 0 bridgehead atoms. The largest absolute Gasteiger partial charge is 0.478 e. The Bertz CT molecular complexity index is 522. The molecule has 1 rings (SSSR count). The van der Waals surface area contributed by atoms with Crippen molar-refractivity contribution in [2.24, 2.45) is 5.16 Å². The lowest BCUT2D eigenvalue weighted by Crippen LogP contribution is -2.38. The Hall–Kier alpha value is -2.05. The average molecular weight is 303 g/mol. The number of carboxylic acid groups (broad SMARTS) is 1. The molecular weight excluding hydrogens is 287 g/mol. The zero-order chi connectivity index (χ0) is 16.1. The molecular formula is C14H16F3NO3. The third-order valence-corrected chi connectivity index (χ3v) is 3.18. The van der Waals surface area contributed by atoms with Crippen molar-refractivity contribution in [3.05, 3.63) is 35.4 Å². The van der Waals surface area contributed by atoms with Crippen molar-refractivity contribution >= 4 is 12.2 Å². The van der Waals surface area contributed by atoms with E-state index in [1.54, 1.807) is 13.8 Å². The van der Waals surface area contributed by atoms with E-state index in [4.69, 9.17) is 9.94 Å². The Labute approximate surface area is 120 Å². The second-order valence-electron chi connectivity index (χ2n) is 4.46. The standard InChI is InChI=1S/C14H16F3NO3/c1-3-13(4-2,12(19)20)21-18-9-10-6-5-7-11(8-10)14(15,16)17/h5-9H,3-4H2,1-2H3,(H,19,20). The van der Waals surface area contributed by atoms with Crippen LogP contribution in [0, 0.1) is 0 Å². The van der Waals surface area contributed by atoms with E-state index < -0.39 is 23.3 Å². The lowest BCUT2D eigenvalue weighted by molar-refractivity contribution is -0.167. The van der Waals surface area contributed by atoms with Crippen LogP contribution in [0.3, 0.4) is 0 Å². The summed E-state index contributed by atoms with van der Waals surface area (Å²) in [5.41, 5.74) is -2.09. The van der Waals surface area contributed by atoms with Crippen molar-refractivity contribution < 1.29 is 27.9 Å². The number of benzene rings is 1. The van der Waals surface area contributed by atoms with Gasteiger partial charge in [0.15, 0.2) is 0 Å². The average Bonchev–Trinajstić information content (AvgIpc) is 2.43. The molecule has 0 aromatic heterocycles. The number of nitrogens with zero attached hydrogens (tertiary/aromatic N) is 1. The topological polar surface area (TPSA) is 58.9 Å². The SMILES string of the molecule is CCC(CC)(ON=Cc1cccc(C(F)(F)F)c1)C(=O)O. The Kier molecular flexibility index (Phi) is 5.34. The zero-order valence-electron chi connectivity index (χ0n) is 11.6. The molecule has 0 radical (unpaired) electrons. The van der Waals surface area contributed by atoms with Crippen molar-refractivity contribution in [1.82, 2.24) is 0 Å². The number of alkyl halides is 3. The van der Waals surface area contributed by atoms with Crippen molar-refractivity contribution in [2.75, 3.05) is 0 Å². The highest BCUT2D eigenvalue weighted by atomic mass is 19.4. The van der Waals surface area contributed by atoms with Crippen molar-refractivity contribution in [2.45, 2.75) is 38.5 Å². The zero-order valence-corrected chi connectivity index (χ0v) is 11.6. The van der Waals surface area contributed by atoms with E-state index in [9.17, 15) is 18.0 Å². The quantitative estimate of drug-likeness (QED) is 0.644. The summed E-state index contributed by atoms with van der Waals surface area (Å²) >= 11 is 0. The van der Waals surface area contributed by atoms with Crippen LogP contribution in [-0.2, 0) is 15.8 Å². The summed E-state index contributed by atoms with van der Waals surface area (Å²) in [5, 5.41) is 12.7. The van der Waals surface area contributed by atoms with Gasteiger partial charge < -0.3 is 9.94 Å². The van der Waals surface area contributed by atoms with E-state index in [1.165, 1.54) is 12.1 Å². The van der Waals surface area contributed by atoms with Crippen LogP contribution in [0.2, 0.25) is 0 Å². The van der Waals surface area contributed by atoms with Crippen LogP contribution in [0.4, 0.5) is 13.2 Å². The van der Waals surface area contributed by atoms with Crippen molar-refractivity contribution in [1.29, 1.82) is 0 Å². The molecule has 0 atom stereocenters. The molecule has 0 aliphatic carbocycles. The van der Waals surface area contributed by atoms with Crippen LogP contribution in [0.15, 0.2) is 29.4 Å². The fourth-order valence-electron chi connectivity index (χ4n) is 1.70. The predicted octanol–water partition coefficient (Wildman–Crippen LogP) is 3.70. The summed E-state index contributed by atoms with van der Waals surface area (Å²) in [6.07, 6.45) is -2.99. The monoisotopic (exact) mass is 303 g/mol. The van der Waals surface area contributed by atoms with Gasteiger partial charge in [-0.3, -0.25) is 0 Å². The fraction of sp³-hybridized carbons (Fsp3) is 0.429. The van der Waals surface area contributed by atoms with Gasteiger partial charge in [-0.15, -0.1) is 0 Å². The number of aliphatic carboxylic acids is 1. The van der Waals surface area contributed by atoms with Crippen LogP contribution in [0.25, 0.3) is 0 Å². The summed E-state index contributed by atoms with van der Waals surface area (Å²) in [6, 6.07) is 4.52. The van der Waals surface area contributed by atoms with Gasteiger partial charge in [0.25, 0.3) is 0 Å². The maximum atomic E-state index is 12.5. The minimum atomic E-state index is -4.44. The highest BCUT2D eigenvalue weighted by molar-refractivity contribution is 5.80. The molecule has 0 heterocycles. The molecule has 0 aliphatic rings. The third-order valence-electron chi connectivity index (χ3n) is 3.18. The van der Waals surface area contributed by atoms with Gasteiger partial charge in [0, 0.05) is 0 Å². The van der Waals surface area contributed by atoms with Gasteiger partial charge in [0.1, 0.15) is 0 Å². The summed E-state index contributed by atoms with van der Waals surface area (Å²) in [4.78, 5) is 16.2. The molecule has 1 aromatic carbocycles. The number of carbonyl (C=O) groups is 1. The van der Waals surface area contributed by atoms with Gasteiger partial charge in [0.05, 0.1) is 11.8 Å². The summed E-state index contributed by atoms with van der Waals surface area (Å²) in [7, 11) is 0. The van der Waals surface area contributed by atoms with Crippen LogP contribution in [-0.4, -0.2) is 22.9 Å². The number of hydrogen-bond donors (Lipinski definition) is 1. The van der Waals surface area contributed by atoms with Crippen molar-refractivity contribution in [3.63, 3.8) is 0 Å². The molecule has 0 fully saturated rings. The number of halogens is 3. The molecule has 0 aliphatic heterocycles. The van der Waals surface area contributed by atoms with E-state index >= 15 is 0 Å². The first-order valence-corrected chi connectivity index (χ1v) is 6.37. The van der Waals surface area contributed by atoms with E-state index in [0.717, 1.165) is 18.3 Å². The summed E-state index contributed by atoms with van der Waals surface area (Å²) < 4.78 is 37.6. The number of rotatable bonds is 6. The number of carboxylic acids is 1. The van der Waals surface area contributed by atoms with Gasteiger partial charge in [-0.2, -0.15) is 13.2 Å². The van der Waals surface area contributed by atoms with E-state index in [0.29, 0.717) is 0 Å². The minimum Gasteiger partial charge on any atom is -0.478 e. The molecule has 0 saturated carbocycles. The molecule has 116 valence electrons. The first kappa shape index (κ1) is 17.0. The minimum absolute atomic E-state index is 0.177. The smallest absolute Gasteiger partial charge is 0.416 e. The van der Waals surface area contributed by atoms with Crippen molar-refractivity contribution in [3.8, 4) is 0 Å². The second-order valence-corrected chi connectivity index (χ2v) is 4.46. The number of hydrogen-bond acceptors (Lipinski definition) is 3. The normalized spacial score (nSPS) is 12.6.